The van der Waals surface area contributed by atoms with Crippen molar-refractivity contribution in [1.82, 2.24) is 15.6 Å². The Labute approximate surface area is 105 Å². The van der Waals surface area contributed by atoms with Crippen molar-refractivity contribution in [2.75, 3.05) is 12.3 Å². The molecule has 0 atom stereocenters. The van der Waals surface area contributed by atoms with Crippen LogP contribution in [-0.2, 0) is 0 Å². The lowest BCUT2D eigenvalue weighted by Crippen LogP contribution is -2.45. The van der Waals surface area contributed by atoms with Gasteiger partial charge in [0.05, 0.1) is 5.60 Å². The second-order valence-corrected chi connectivity index (χ2v) is 5.09. The number of rotatable bonds is 3. The van der Waals surface area contributed by atoms with Gasteiger partial charge in [0.2, 0.25) is 11.5 Å². The number of carbonyl (C=O) groups excluding carboxylic acids is 1. The highest BCUT2D eigenvalue weighted by atomic mass is 16.6. The van der Waals surface area contributed by atoms with E-state index < -0.39 is 11.5 Å². The number of nitrogens with two attached hydrogens (primary N) is 1. The molecule has 2 rings (SSSR count). The Morgan fingerprint density at radius 3 is 2.78 bits per heavy atom. The van der Waals surface area contributed by atoms with Gasteiger partial charge < -0.3 is 16.2 Å². The molecule has 4 N–H and O–H groups in total. The van der Waals surface area contributed by atoms with E-state index in [0.717, 1.165) is 12.8 Å². The summed E-state index contributed by atoms with van der Waals surface area (Å²) in [7, 11) is 0. The Kier molecular flexibility index (Phi) is 3.51. The maximum atomic E-state index is 11.7. The van der Waals surface area contributed by atoms with Gasteiger partial charge >= 0.3 is 0 Å². The third kappa shape index (κ3) is 2.79. The zero-order valence-electron chi connectivity index (χ0n) is 10.3. The van der Waals surface area contributed by atoms with Crippen LogP contribution in [0.25, 0.3) is 0 Å². The van der Waals surface area contributed by atoms with E-state index in [-0.39, 0.29) is 18.1 Å². The lowest BCUT2D eigenvalue weighted by atomic mass is 9.79. The average Bonchev–Trinajstić information content (AvgIpc) is 2.77. The molecule has 0 spiro atoms. The third-order valence-corrected chi connectivity index (χ3v) is 3.51. The predicted molar refractivity (Wildman–Crippen MR) is 63.6 cm³/mol. The van der Waals surface area contributed by atoms with E-state index in [1.54, 1.807) is 0 Å². The van der Waals surface area contributed by atoms with Crippen molar-refractivity contribution < 1.29 is 14.5 Å². The van der Waals surface area contributed by atoms with Gasteiger partial charge in [0.25, 0.3) is 5.91 Å². The van der Waals surface area contributed by atoms with Gasteiger partial charge in [-0.3, -0.25) is 4.79 Å². The fourth-order valence-electron chi connectivity index (χ4n) is 2.16. The van der Waals surface area contributed by atoms with E-state index in [4.69, 9.17) is 5.73 Å². The number of hydrogen-bond donors (Lipinski definition) is 3. The van der Waals surface area contributed by atoms with E-state index in [1.165, 1.54) is 0 Å². The van der Waals surface area contributed by atoms with E-state index in [9.17, 15) is 9.90 Å². The summed E-state index contributed by atoms with van der Waals surface area (Å²) in [6.07, 6.45) is 3.34. The van der Waals surface area contributed by atoms with Crippen LogP contribution in [0.5, 0.6) is 0 Å². The first-order chi connectivity index (χ1) is 8.50. The summed E-state index contributed by atoms with van der Waals surface area (Å²) in [6.45, 7) is 2.37. The summed E-state index contributed by atoms with van der Waals surface area (Å²) in [6, 6.07) is 0. The van der Waals surface area contributed by atoms with Crippen molar-refractivity contribution >= 4 is 11.7 Å². The fourth-order valence-corrected chi connectivity index (χ4v) is 2.16. The lowest BCUT2D eigenvalue weighted by molar-refractivity contribution is -0.00546. The van der Waals surface area contributed by atoms with Crippen LogP contribution in [0.2, 0.25) is 0 Å². The van der Waals surface area contributed by atoms with Crippen molar-refractivity contribution in [1.29, 1.82) is 0 Å². The molecule has 1 aliphatic rings. The second kappa shape index (κ2) is 4.93. The molecule has 1 amide bonds. The highest BCUT2D eigenvalue weighted by Crippen LogP contribution is 2.31. The van der Waals surface area contributed by atoms with Gasteiger partial charge in [0.15, 0.2) is 0 Å². The van der Waals surface area contributed by atoms with Crippen LogP contribution >= 0.6 is 0 Å². The van der Waals surface area contributed by atoms with Gasteiger partial charge in [0.1, 0.15) is 0 Å². The van der Waals surface area contributed by atoms with Gasteiger partial charge in [-0.25, -0.2) is 4.63 Å². The second-order valence-electron chi connectivity index (χ2n) is 5.09. The number of hydrogen-bond acceptors (Lipinski definition) is 6. The number of nitrogens with one attached hydrogen (secondary N) is 1. The Morgan fingerprint density at radius 2 is 2.22 bits per heavy atom. The first-order valence-electron chi connectivity index (χ1n) is 6.09. The van der Waals surface area contributed by atoms with Crippen molar-refractivity contribution in [3.05, 3.63) is 5.69 Å². The molecule has 0 bridgehead atoms. The van der Waals surface area contributed by atoms with Gasteiger partial charge in [-0.05, 0) is 41.9 Å². The molecule has 0 aromatic carbocycles. The van der Waals surface area contributed by atoms with Crippen molar-refractivity contribution in [2.45, 2.75) is 38.2 Å². The standard InChI is InChI=1S/C11H18N4O3/c1-7-2-4-11(17,5-3-7)6-13-10(16)8-9(12)15-18-14-8/h7,17H,2-6H2,1H3,(H2,12,15)(H,13,16). The van der Waals surface area contributed by atoms with Crippen LogP contribution in [0.4, 0.5) is 5.82 Å². The molecule has 0 saturated heterocycles. The Bertz CT molecular complexity index is 424. The molecule has 1 aliphatic carbocycles. The minimum Gasteiger partial charge on any atom is -0.388 e. The van der Waals surface area contributed by atoms with Crippen molar-refractivity contribution in [3.8, 4) is 0 Å². The van der Waals surface area contributed by atoms with Crippen molar-refractivity contribution in [3.63, 3.8) is 0 Å². The van der Waals surface area contributed by atoms with Gasteiger partial charge in [0, 0.05) is 6.54 Å². The van der Waals surface area contributed by atoms with E-state index in [2.05, 4.69) is 27.2 Å². The summed E-state index contributed by atoms with van der Waals surface area (Å²) >= 11 is 0. The minimum atomic E-state index is -0.825. The first kappa shape index (κ1) is 12.8. The normalized spacial score (nSPS) is 28.0. The predicted octanol–water partition coefficient (Wildman–Crippen LogP) is 0.323. The number of aliphatic hydroxyl groups is 1. The molecular weight excluding hydrogens is 236 g/mol. The Balaban J connectivity index is 1.88. The molecule has 1 aromatic rings. The molecule has 1 fully saturated rings. The van der Waals surface area contributed by atoms with E-state index in [0.29, 0.717) is 18.8 Å². The molecule has 0 aliphatic heterocycles. The van der Waals surface area contributed by atoms with Crippen LogP contribution in [0, 0.1) is 5.92 Å². The molecule has 0 unspecified atom stereocenters. The van der Waals surface area contributed by atoms with Crippen LogP contribution in [0.3, 0.4) is 0 Å². The first-order valence-corrected chi connectivity index (χ1v) is 6.09. The zero-order chi connectivity index (χ0) is 13.2. The van der Waals surface area contributed by atoms with E-state index >= 15 is 0 Å². The molecule has 1 saturated carbocycles. The molecule has 7 nitrogen and oxygen atoms in total. The van der Waals surface area contributed by atoms with Crippen LogP contribution in [0.15, 0.2) is 4.63 Å². The quantitative estimate of drug-likeness (QED) is 0.715. The van der Waals surface area contributed by atoms with Crippen LogP contribution < -0.4 is 11.1 Å². The number of nitrogens with zero attached hydrogens (tertiary/aromatic N) is 2. The monoisotopic (exact) mass is 254 g/mol. The molecule has 0 radical (unpaired) electrons. The average molecular weight is 254 g/mol. The highest BCUT2D eigenvalue weighted by molar-refractivity contribution is 5.95. The smallest absolute Gasteiger partial charge is 0.277 e. The molecule has 1 heterocycles. The summed E-state index contributed by atoms with van der Waals surface area (Å²) < 4.78 is 4.35. The van der Waals surface area contributed by atoms with Gasteiger partial charge in [-0.15, -0.1) is 0 Å². The highest BCUT2D eigenvalue weighted by Gasteiger charge is 2.32. The fraction of sp³-hybridized carbons (Fsp3) is 0.727. The largest absolute Gasteiger partial charge is 0.388 e. The summed E-state index contributed by atoms with van der Waals surface area (Å²) in [5.74, 6) is 0.119. The van der Waals surface area contributed by atoms with Gasteiger partial charge in [-0.2, -0.15) is 0 Å². The SMILES string of the molecule is CC1CCC(O)(CNC(=O)c2nonc2N)CC1. The third-order valence-electron chi connectivity index (χ3n) is 3.51. The molecule has 18 heavy (non-hydrogen) atoms. The molecular formula is C11H18N4O3. The van der Waals surface area contributed by atoms with Crippen LogP contribution in [-0.4, -0.2) is 33.5 Å². The number of carbonyl (C=O) groups is 1. The molecule has 1 aromatic heterocycles. The summed E-state index contributed by atoms with van der Waals surface area (Å²) in [5, 5.41) is 19.7. The van der Waals surface area contributed by atoms with E-state index in [1.807, 2.05) is 0 Å². The maximum Gasteiger partial charge on any atom is 0.277 e. The number of amides is 1. The Morgan fingerprint density at radius 1 is 1.56 bits per heavy atom. The van der Waals surface area contributed by atoms with Crippen LogP contribution in [0.1, 0.15) is 43.1 Å². The topological polar surface area (TPSA) is 114 Å². The number of aromatic nitrogens is 2. The summed E-state index contributed by atoms with van der Waals surface area (Å²) in [4.78, 5) is 11.7. The maximum absolute atomic E-state index is 11.7. The number of nitrogen functional groups attached to an aromatic ring is 1. The summed E-state index contributed by atoms with van der Waals surface area (Å²) in [5.41, 5.74) is 4.55. The molecule has 100 valence electrons. The van der Waals surface area contributed by atoms with Gasteiger partial charge in [-0.1, -0.05) is 6.92 Å². The zero-order valence-corrected chi connectivity index (χ0v) is 10.3. The van der Waals surface area contributed by atoms with Crippen molar-refractivity contribution in [2.24, 2.45) is 5.92 Å². The minimum absolute atomic E-state index is 0.0391. The number of anilines is 1. The molecule has 7 heteroatoms. The Hall–Kier alpha value is -1.63. The lowest BCUT2D eigenvalue weighted by Gasteiger charge is -2.34.